The molecule has 0 saturated heterocycles. The summed E-state index contributed by atoms with van der Waals surface area (Å²) < 4.78 is 23.9. The van der Waals surface area contributed by atoms with E-state index in [1.165, 1.54) is 37.7 Å². The second-order valence-electron chi connectivity index (χ2n) is 5.53. The van der Waals surface area contributed by atoms with Crippen LogP contribution in [0.5, 0.6) is 11.5 Å². The fourth-order valence-corrected chi connectivity index (χ4v) is 3.34. The Kier molecular flexibility index (Phi) is 6.17. The summed E-state index contributed by atoms with van der Waals surface area (Å²) in [6.45, 7) is 0. The minimum atomic E-state index is -0.469. The Labute approximate surface area is 170 Å². The van der Waals surface area contributed by atoms with Crippen molar-refractivity contribution < 1.29 is 18.7 Å². The van der Waals surface area contributed by atoms with Crippen LogP contribution >= 0.6 is 23.6 Å². The zero-order chi connectivity index (χ0) is 20.1. The van der Waals surface area contributed by atoms with Crippen LogP contribution in [0.4, 0.5) is 9.52 Å². The number of carbonyl (C=O) groups excluding carboxylic acids is 1. The summed E-state index contributed by atoms with van der Waals surface area (Å²) in [7, 11) is 2.93. The maximum absolute atomic E-state index is 13.9. The summed E-state index contributed by atoms with van der Waals surface area (Å²) in [5.74, 6) is -0.101. The van der Waals surface area contributed by atoms with E-state index >= 15 is 0 Å². The van der Waals surface area contributed by atoms with Gasteiger partial charge in [-0.3, -0.25) is 10.1 Å². The zero-order valence-corrected chi connectivity index (χ0v) is 16.6. The summed E-state index contributed by atoms with van der Waals surface area (Å²) >= 11 is 6.45. The molecule has 2 N–H and O–H groups in total. The quantitative estimate of drug-likeness (QED) is 0.609. The van der Waals surface area contributed by atoms with Crippen molar-refractivity contribution in [2.45, 2.75) is 0 Å². The number of amides is 1. The molecule has 0 bridgehead atoms. The van der Waals surface area contributed by atoms with Crippen molar-refractivity contribution in [2.24, 2.45) is 0 Å². The van der Waals surface area contributed by atoms with E-state index in [9.17, 15) is 9.18 Å². The summed E-state index contributed by atoms with van der Waals surface area (Å²) in [5.41, 5.74) is 1.60. The van der Waals surface area contributed by atoms with Crippen molar-refractivity contribution in [3.05, 3.63) is 59.2 Å². The molecular formula is C19H16FN3O3S2. The minimum absolute atomic E-state index is 0.106. The lowest BCUT2D eigenvalue weighted by molar-refractivity contribution is 0.0977. The largest absolute Gasteiger partial charge is 0.497 e. The normalized spacial score (nSPS) is 10.2. The average molecular weight is 417 g/mol. The van der Waals surface area contributed by atoms with Gasteiger partial charge in [0, 0.05) is 16.5 Å². The average Bonchev–Trinajstić information content (AvgIpc) is 3.16. The van der Waals surface area contributed by atoms with Crippen molar-refractivity contribution in [2.75, 3.05) is 19.5 Å². The molecule has 0 fully saturated rings. The van der Waals surface area contributed by atoms with Gasteiger partial charge in [-0.1, -0.05) is 6.07 Å². The topological polar surface area (TPSA) is 72.5 Å². The Balaban J connectivity index is 1.65. The van der Waals surface area contributed by atoms with Gasteiger partial charge in [-0.15, -0.1) is 11.3 Å². The molecule has 1 amide bonds. The molecule has 0 aliphatic carbocycles. The Morgan fingerprint density at radius 3 is 2.71 bits per heavy atom. The molecule has 0 atom stereocenters. The number of ether oxygens (including phenoxy) is 2. The van der Waals surface area contributed by atoms with Gasteiger partial charge in [-0.2, -0.15) is 0 Å². The van der Waals surface area contributed by atoms with Crippen molar-refractivity contribution in [1.82, 2.24) is 10.3 Å². The molecule has 0 radical (unpaired) electrons. The summed E-state index contributed by atoms with van der Waals surface area (Å²) in [4.78, 5) is 16.6. The highest BCUT2D eigenvalue weighted by Gasteiger charge is 2.12. The van der Waals surface area contributed by atoms with Gasteiger partial charge in [-0.25, -0.2) is 9.37 Å². The predicted molar refractivity (Wildman–Crippen MR) is 111 cm³/mol. The van der Waals surface area contributed by atoms with Gasteiger partial charge in [0.1, 0.15) is 5.75 Å². The Bertz CT molecular complexity index is 1020. The number of nitrogens with one attached hydrogen (secondary N) is 2. The molecule has 1 heterocycles. The lowest BCUT2D eigenvalue weighted by Crippen LogP contribution is -2.34. The highest BCUT2D eigenvalue weighted by molar-refractivity contribution is 7.80. The number of hydrogen-bond acceptors (Lipinski definition) is 6. The van der Waals surface area contributed by atoms with Crippen LogP contribution < -0.4 is 20.1 Å². The summed E-state index contributed by atoms with van der Waals surface area (Å²) in [6, 6.07) is 11.3. The first-order valence-electron chi connectivity index (χ1n) is 8.06. The number of carbonyl (C=O) groups is 1. The molecular weight excluding hydrogens is 401 g/mol. The zero-order valence-electron chi connectivity index (χ0n) is 15.0. The second kappa shape index (κ2) is 8.77. The second-order valence-corrected chi connectivity index (χ2v) is 6.79. The van der Waals surface area contributed by atoms with Gasteiger partial charge < -0.3 is 14.8 Å². The molecule has 3 rings (SSSR count). The molecule has 0 spiro atoms. The first kappa shape index (κ1) is 19.7. The number of nitrogens with zero attached hydrogens (tertiary/aromatic N) is 1. The third kappa shape index (κ3) is 4.62. The van der Waals surface area contributed by atoms with E-state index in [2.05, 4.69) is 15.6 Å². The molecule has 2 aromatic carbocycles. The number of hydrogen-bond donors (Lipinski definition) is 2. The van der Waals surface area contributed by atoms with Crippen molar-refractivity contribution >= 4 is 39.7 Å². The maximum atomic E-state index is 13.9. The minimum Gasteiger partial charge on any atom is -0.497 e. The summed E-state index contributed by atoms with van der Waals surface area (Å²) in [6.07, 6.45) is 0. The lowest BCUT2D eigenvalue weighted by Gasteiger charge is -2.08. The Morgan fingerprint density at radius 1 is 1.18 bits per heavy atom. The van der Waals surface area contributed by atoms with Crippen LogP contribution in [0, 0.1) is 5.82 Å². The molecule has 28 heavy (non-hydrogen) atoms. The number of thiazole rings is 1. The Morgan fingerprint density at radius 2 is 2.00 bits per heavy atom. The van der Waals surface area contributed by atoms with E-state index in [1.54, 1.807) is 35.7 Å². The third-order valence-electron chi connectivity index (χ3n) is 3.73. The van der Waals surface area contributed by atoms with Crippen LogP contribution in [0.25, 0.3) is 11.3 Å². The molecule has 3 aromatic rings. The highest BCUT2D eigenvalue weighted by Crippen LogP contribution is 2.28. The van der Waals surface area contributed by atoms with E-state index in [4.69, 9.17) is 21.7 Å². The molecule has 144 valence electrons. The van der Waals surface area contributed by atoms with Crippen LogP contribution in [0.3, 0.4) is 0 Å². The SMILES string of the molecule is COc1cccc(C(=O)NC(=S)Nc2nc(-c3ccc(OC)c(F)c3)cs2)c1. The lowest BCUT2D eigenvalue weighted by atomic mass is 10.1. The summed E-state index contributed by atoms with van der Waals surface area (Å²) in [5, 5.41) is 7.78. The molecule has 1 aromatic heterocycles. The van der Waals surface area contributed by atoms with Gasteiger partial charge in [-0.05, 0) is 48.6 Å². The van der Waals surface area contributed by atoms with Crippen LogP contribution in [0.1, 0.15) is 10.4 Å². The van der Waals surface area contributed by atoms with Crippen LogP contribution in [-0.2, 0) is 0 Å². The molecule has 0 unspecified atom stereocenters. The van der Waals surface area contributed by atoms with Crippen LogP contribution in [0.15, 0.2) is 47.8 Å². The fraction of sp³-hybridized carbons (Fsp3) is 0.105. The standard InChI is InChI=1S/C19H16FN3O3S2/c1-25-13-5-3-4-12(8-13)17(24)22-18(27)23-19-21-15(10-28-19)11-6-7-16(26-2)14(20)9-11/h3-10H,1-2H3,(H2,21,22,23,24,27). The first-order valence-corrected chi connectivity index (χ1v) is 9.34. The van der Waals surface area contributed by atoms with Crippen molar-refractivity contribution in [3.8, 4) is 22.8 Å². The smallest absolute Gasteiger partial charge is 0.257 e. The highest BCUT2D eigenvalue weighted by atomic mass is 32.1. The number of halogens is 1. The molecule has 0 aliphatic rings. The molecule has 6 nitrogen and oxygen atoms in total. The molecule has 0 aliphatic heterocycles. The van der Waals surface area contributed by atoms with Gasteiger partial charge in [0.2, 0.25) is 0 Å². The van der Waals surface area contributed by atoms with E-state index in [-0.39, 0.29) is 16.8 Å². The Hall–Kier alpha value is -3.04. The maximum Gasteiger partial charge on any atom is 0.257 e. The molecule has 9 heteroatoms. The van der Waals surface area contributed by atoms with Gasteiger partial charge in [0.15, 0.2) is 21.8 Å². The van der Waals surface area contributed by atoms with E-state index in [0.29, 0.717) is 27.7 Å². The van der Waals surface area contributed by atoms with Crippen LogP contribution in [0.2, 0.25) is 0 Å². The van der Waals surface area contributed by atoms with Crippen molar-refractivity contribution in [1.29, 1.82) is 0 Å². The number of benzene rings is 2. The van der Waals surface area contributed by atoms with Gasteiger partial charge >= 0.3 is 0 Å². The number of thiocarbonyl (C=S) groups is 1. The fourth-order valence-electron chi connectivity index (χ4n) is 2.36. The van der Waals surface area contributed by atoms with Crippen molar-refractivity contribution in [3.63, 3.8) is 0 Å². The number of anilines is 1. The van der Waals surface area contributed by atoms with E-state index in [1.807, 2.05) is 0 Å². The van der Waals surface area contributed by atoms with Gasteiger partial charge in [0.05, 0.1) is 19.9 Å². The predicted octanol–water partition coefficient (Wildman–Crippen LogP) is 4.09. The van der Waals surface area contributed by atoms with E-state index < -0.39 is 5.82 Å². The number of rotatable bonds is 5. The third-order valence-corrected chi connectivity index (χ3v) is 4.69. The number of aromatic nitrogens is 1. The monoisotopic (exact) mass is 417 g/mol. The first-order chi connectivity index (χ1) is 13.5. The van der Waals surface area contributed by atoms with E-state index in [0.717, 1.165) is 0 Å². The van der Waals surface area contributed by atoms with Crippen LogP contribution in [-0.4, -0.2) is 30.2 Å². The van der Waals surface area contributed by atoms with Gasteiger partial charge in [0.25, 0.3) is 5.91 Å². The number of methoxy groups -OCH3 is 2. The molecule has 0 saturated carbocycles.